The molecule has 1 aromatic heterocycles. The van der Waals surface area contributed by atoms with Crippen molar-refractivity contribution in [2.75, 3.05) is 10.6 Å². The van der Waals surface area contributed by atoms with Gasteiger partial charge in [-0.25, -0.2) is 0 Å². The summed E-state index contributed by atoms with van der Waals surface area (Å²) in [4.78, 5) is 24.9. The first kappa shape index (κ1) is 18.7. The molecule has 2 aliphatic heterocycles. The summed E-state index contributed by atoms with van der Waals surface area (Å²) >= 11 is 0. The van der Waals surface area contributed by atoms with Crippen LogP contribution in [-0.4, -0.2) is 33.7 Å². The lowest BCUT2D eigenvalue weighted by Crippen LogP contribution is -2.39. The van der Waals surface area contributed by atoms with Crippen LogP contribution in [-0.2, 0) is 9.59 Å². The topological polar surface area (TPSA) is 88.0 Å². The van der Waals surface area contributed by atoms with E-state index in [1.165, 1.54) is 12.8 Å². The maximum atomic E-state index is 12.5. The highest BCUT2D eigenvalue weighted by Gasteiger charge is 2.34. The van der Waals surface area contributed by atoms with Crippen LogP contribution in [0.5, 0.6) is 0 Å². The lowest BCUT2D eigenvalue weighted by Gasteiger charge is -2.28. The smallest absolute Gasteiger partial charge is 0.248 e. The molecule has 1 aromatic carbocycles. The second-order valence-electron chi connectivity index (χ2n) is 7.96. The van der Waals surface area contributed by atoms with Crippen LogP contribution in [0.25, 0.3) is 0 Å². The van der Waals surface area contributed by atoms with Gasteiger partial charge in [0, 0.05) is 42.3 Å². The number of aromatic nitrogens is 2. The molecule has 28 heavy (non-hydrogen) atoms. The van der Waals surface area contributed by atoms with Crippen molar-refractivity contribution in [1.29, 1.82) is 0 Å². The monoisotopic (exact) mass is 381 g/mol. The Morgan fingerprint density at radius 2 is 1.89 bits per heavy atom. The molecule has 0 radical (unpaired) electrons. The molecule has 0 spiro atoms. The van der Waals surface area contributed by atoms with Gasteiger partial charge in [0.25, 0.3) is 0 Å². The predicted octanol–water partition coefficient (Wildman–Crippen LogP) is 2.94. The summed E-state index contributed by atoms with van der Waals surface area (Å²) in [5, 5.41) is 13.6. The molecule has 2 amide bonds. The number of rotatable bonds is 6. The maximum Gasteiger partial charge on any atom is 0.248 e. The van der Waals surface area contributed by atoms with Crippen LogP contribution in [0.1, 0.15) is 45.1 Å². The number of piperidine rings is 1. The van der Waals surface area contributed by atoms with Gasteiger partial charge in [-0.15, -0.1) is 0 Å². The summed E-state index contributed by atoms with van der Waals surface area (Å²) in [6, 6.07) is 9.83. The number of anilines is 2. The van der Waals surface area contributed by atoms with Gasteiger partial charge in [-0.2, -0.15) is 5.10 Å². The zero-order chi connectivity index (χ0) is 19.5. The fourth-order valence-corrected chi connectivity index (χ4v) is 4.37. The van der Waals surface area contributed by atoms with Crippen molar-refractivity contribution in [3.63, 3.8) is 0 Å². The normalized spacial score (nSPS) is 24.5. The predicted molar refractivity (Wildman–Crippen MR) is 108 cm³/mol. The van der Waals surface area contributed by atoms with Crippen molar-refractivity contribution in [1.82, 2.24) is 15.1 Å². The van der Waals surface area contributed by atoms with Crippen molar-refractivity contribution in [2.45, 2.75) is 57.2 Å². The molecule has 2 aromatic rings. The van der Waals surface area contributed by atoms with Gasteiger partial charge in [0.1, 0.15) is 6.04 Å². The number of hydrogen-bond acceptors (Lipinski definition) is 4. The van der Waals surface area contributed by atoms with E-state index >= 15 is 0 Å². The maximum absolute atomic E-state index is 12.5. The van der Waals surface area contributed by atoms with Crippen LogP contribution >= 0.6 is 0 Å². The first-order chi connectivity index (χ1) is 13.6. The molecular formula is C21H27N5O2. The number of benzene rings is 1. The Morgan fingerprint density at radius 1 is 1.18 bits per heavy atom. The summed E-state index contributed by atoms with van der Waals surface area (Å²) in [6.07, 6.45) is 8.61. The largest absolute Gasteiger partial charge is 0.326 e. The minimum absolute atomic E-state index is 0.0414. The molecular weight excluding hydrogens is 354 g/mol. The molecule has 0 aliphatic carbocycles. The number of nitrogens with one attached hydrogen (secondary N) is 3. The molecule has 3 N–H and O–H groups in total. The minimum Gasteiger partial charge on any atom is -0.326 e. The molecule has 148 valence electrons. The summed E-state index contributed by atoms with van der Waals surface area (Å²) < 4.78 is 1.60. The molecule has 2 saturated heterocycles. The number of carbonyl (C=O) groups excluding carboxylic acids is 2. The van der Waals surface area contributed by atoms with Gasteiger partial charge in [-0.05, 0) is 62.8 Å². The van der Waals surface area contributed by atoms with Crippen molar-refractivity contribution < 1.29 is 9.59 Å². The fourth-order valence-electron chi connectivity index (χ4n) is 4.37. The molecule has 0 saturated carbocycles. The second-order valence-corrected chi connectivity index (χ2v) is 7.96. The van der Waals surface area contributed by atoms with Gasteiger partial charge < -0.3 is 16.0 Å². The lowest BCUT2D eigenvalue weighted by molar-refractivity contribution is -0.119. The lowest BCUT2D eigenvalue weighted by atomic mass is 9.89. The molecule has 3 heterocycles. The Bertz CT molecular complexity index is 823. The average molecular weight is 381 g/mol. The first-order valence-electron chi connectivity index (χ1n) is 10.0. The zero-order valence-corrected chi connectivity index (χ0v) is 16.1. The van der Waals surface area contributed by atoms with Gasteiger partial charge >= 0.3 is 0 Å². The van der Waals surface area contributed by atoms with Crippen LogP contribution in [0.3, 0.4) is 0 Å². The molecule has 2 aliphatic rings. The number of amides is 2. The Balaban J connectivity index is 1.32. The van der Waals surface area contributed by atoms with E-state index in [2.05, 4.69) is 21.0 Å². The van der Waals surface area contributed by atoms with E-state index in [-0.39, 0.29) is 11.8 Å². The molecule has 3 atom stereocenters. The summed E-state index contributed by atoms with van der Waals surface area (Å²) in [5.41, 5.74) is 1.35. The van der Waals surface area contributed by atoms with Crippen molar-refractivity contribution in [2.24, 2.45) is 5.92 Å². The van der Waals surface area contributed by atoms with Crippen molar-refractivity contribution >= 4 is 23.2 Å². The zero-order valence-electron chi connectivity index (χ0n) is 16.1. The van der Waals surface area contributed by atoms with Gasteiger partial charge in [-0.1, -0.05) is 6.07 Å². The Morgan fingerprint density at radius 3 is 2.57 bits per heavy atom. The van der Waals surface area contributed by atoms with E-state index in [1.807, 2.05) is 18.2 Å². The Kier molecular flexibility index (Phi) is 5.43. The van der Waals surface area contributed by atoms with Crippen molar-refractivity contribution in [3.05, 3.63) is 42.7 Å². The quantitative estimate of drug-likeness (QED) is 0.718. The van der Waals surface area contributed by atoms with E-state index in [0.29, 0.717) is 35.8 Å². The molecule has 3 unspecified atom stereocenters. The average Bonchev–Trinajstić information content (AvgIpc) is 3.31. The fraction of sp³-hybridized carbons (Fsp3) is 0.476. The Labute approximate surface area is 164 Å². The standard InChI is InChI=1S/C21H27N5O2/c1-14(26-9-3-8-22-26)21(28)25-17-5-2-4-16(13-17)24-20(27)12-15-10-18-6-7-19(11-15)23-18/h2-5,8-9,13-15,18-19,23H,6-7,10-12H2,1H3,(H,24,27)(H,25,28). The molecule has 7 heteroatoms. The highest BCUT2D eigenvalue weighted by atomic mass is 16.2. The third-order valence-electron chi connectivity index (χ3n) is 5.76. The number of hydrogen-bond donors (Lipinski definition) is 3. The third-order valence-corrected chi connectivity index (χ3v) is 5.76. The molecule has 4 rings (SSSR count). The number of nitrogens with zero attached hydrogens (tertiary/aromatic N) is 2. The van der Waals surface area contributed by atoms with Gasteiger partial charge in [0.05, 0.1) is 0 Å². The van der Waals surface area contributed by atoms with Gasteiger partial charge in [0.2, 0.25) is 11.8 Å². The molecule has 2 fully saturated rings. The van der Waals surface area contributed by atoms with Crippen LogP contribution < -0.4 is 16.0 Å². The summed E-state index contributed by atoms with van der Waals surface area (Å²) in [6.45, 7) is 1.79. The minimum atomic E-state index is -0.413. The summed E-state index contributed by atoms with van der Waals surface area (Å²) in [5.74, 6) is 0.341. The van der Waals surface area contributed by atoms with E-state index in [4.69, 9.17) is 0 Å². The second kappa shape index (κ2) is 8.14. The number of fused-ring (bicyclic) bond motifs is 2. The molecule has 2 bridgehead atoms. The van der Waals surface area contributed by atoms with E-state index in [1.54, 1.807) is 36.1 Å². The molecule has 7 nitrogen and oxygen atoms in total. The van der Waals surface area contributed by atoms with Crippen LogP contribution in [0.4, 0.5) is 11.4 Å². The van der Waals surface area contributed by atoms with Crippen molar-refractivity contribution in [3.8, 4) is 0 Å². The van der Waals surface area contributed by atoms with Crippen LogP contribution in [0.15, 0.2) is 42.7 Å². The highest BCUT2D eigenvalue weighted by Crippen LogP contribution is 2.32. The van der Waals surface area contributed by atoms with E-state index in [9.17, 15) is 9.59 Å². The van der Waals surface area contributed by atoms with E-state index in [0.717, 1.165) is 12.8 Å². The first-order valence-corrected chi connectivity index (χ1v) is 10.0. The van der Waals surface area contributed by atoms with Crippen LogP contribution in [0, 0.1) is 5.92 Å². The van der Waals surface area contributed by atoms with Gasteiger partial charge in [-0.3, -0.25) is 14.3 Å². The third kappa shape index (κ3) is 4.42. The highest BCUT2D eigenvalue weighted by molar-refractivity contribution is 5.95. The van der Waals surface area contributed by atoms with Gasteiger partial charge in [0.15, 0.2) is 0 Å². The SMILES string of the molecule is CC(C(=O)Nc1cccc(NC(=O)CC2CC3CCC(C2)N3)c1)n1cccn1. The van der Waals surface area contributed by atoms with E-state index < -0.39 is 6.04 Å². The summed E-state index contributed by atoms with van der Waals surface area (Å²) in [7, 11) is 0. The number of carbonyl (C=O) groups is 2. The Hall–Kier alpha value is -2.67. The van der Waals surface area contributed by atoms with Crippen LogP contribution in [0.2, 0.25) is 0 Å².